The second kappa shape index (κ2) is 3.46. The van der Waals surface area contributed by atoms with Gasteiger partial charge < -0.3 is 5.32 Å². The monoisotopic (exact) mass is 258 g/mol. The summed E-state index contributed by atoms with van der Waals surface area (Å²) in [6.07, 6.45) is 0. The fourth-order valence-corrected chi connectivity index (χ4v) is 3.22. The molecule has 2 aliphatic rings. The third kappa shape index (κ3) is 1.26. The van der Waals surface area contributed by atoms with Crippen molar-refractivity contribution in [2.75, 3.05) is 18.4 Å². The van der Waals surface area contributed by atoms with Crippen molar-refractivity contribution < 1.29 is 4.79 Å². The Morgan fingerprint density at radius 3 is 2.83 bits per heavy atom. The van der Waals surface area contributed by atoms with Crippen LogP contribution in [0.2, 0.25) is 0 Å². The summed E-state index contributed by atoms with van der Waals surface area (Å²) in [7, 11) is 0. The first-order chi connectivity index (χ1) is 8.74. The number of halogens is 1. The summed E-state index contributed by atoms with van der Waals surface area (Å²) in [4.78, 5) is 11.8. The summed E-state index contributed by atoms with van der Waals surface area (Å²) in [6, 6.07) is 10.0. The van der Waals surface area contributed by atoms with Crippen LogP contribution in [-0.2, 0) is 0 Å². The number of carbonyl (C=O) groups is 1. The van der Waals surface area contributed by atoms with Gasteiger partial charge in [0, 0.05) is 35.6 Å². The highest BCUT2D eigenvalue weighted by Gasteiger charge is 2.30. The lowest BCUT2D eigenvalue weighted by atomic mass is 9.88. The maximum atomic E-state index is 11.8. The molecule has 1 N–H and O–H groups in total. The molecule has 0 aromatic heterocycles. The van der Waals surface area contributed by atoms with Crippen LogP contribution in [0.15, 0.2) is 30.3 Å². The molecule has 0 aliphatic carbocycles. The van der Waals surface area contributed by atoms with Gasteiger partial charge in [0.05, 0.1) is 0 Å². The zero-order valence-corrected chi connectivity index (χ0v) is 10.4. The number of anilines is 1. The van der Waals surface area contributed by atoms with Crippen LogP contribution in [0.4, 0.5) is 5.69 Å². The molecule has 90 valence electrons. The third-order valence-corrected chi connectivity index (χ3v) is 4.12. The second-order valence-electron chi connectivity index (χ2n) is 4.91. The molecular weight excluding hydrogens is 248 g/mol. The van der Waals surface area contributed by atoms with Crippen LogP contribution in [0.5, 0.6) is 0 Å². The van der Waals surface area contributed by atoms with Gasteiger partial charge >= 0.3 is 0 Å². The zero-order valence-electron chi connectivity index (χ0n) is 9.61. The normalized spacial score (nSPS) is 19.1. The highest BCUT2D eigenvalue weighted by atomic mass is 35.5. The molecule has 4 heteroatoms. The molecule has 1 amide bonds. The van der Waals surface area contributed by atoms with Crippen molar-refractivity contribution in [1.29, 1.82) is 0 Å². The molecule has 1 saturated heterocycles. The average Bonchev–Trinajstić information content (AvgIpc) is 2.65. The molecule has 0 saturated carbocycles. The molecule has 0 atom stereocenters. The van der Waals surface area contributed by atoms with Gasteiger partial charge in [0.1, 0.15) is 0 Å². The summed E-state index contributed by atoms with van der Waals surface area (Å²) in [5.41, 5.74) is 3.01. The molecule has 2 aromatic carbocycles. The standard InChI is InChI=1S/C14H11ClN2O/c15-17-6-8(7-17)9-4-5-11-13-10(9)2-1-3-12(13)16-14(11)18/h1-5,8H,6-7H2,(H,16,18). The van der Waals surface area contributed by atoms with Gasteiger partial charge in [0.25, 0.3) is 5.91 Å². The van der Waals surface area contributed by atoms with E-state index in [1.165, 1.54) is 10.9 Å². The molecule has 0 radical (unpaired) electrons. The summed E-state index contributed by atoms with van der Waals surface area (Å²) >= 11 is 5.91. The van der Waals surface area contributed by atoms with E-state index >= 15 is 0 Å². The summed E-state index contributed by atoms with van der Waals surface area (Å²) in [5.74, 6) is 0.475. The van der Waals surface area contributed by atoms with E-state index in [1.54, 1.807) is 4.42 Å². The molecule has 2 aromatic rings. The Hall–Kier alpha value is -1.58. The number of hydrogen-bond acceptors (Lipinski definition) is 2. The lowest BCUT2D eigenvalue weighted by Gasteiger charge is -2.34. The Labute approximate surface area is 109 Å². The van der Waals surface area contributed by atoms with Gasteiger partial charge in [-0.05, 0) is 34.9 Å². The summed E-state index contributed by atoms with van der Waals surface area (Å²) in [5, 5.41) is 5.15. The maximum Gasteiger partial charge on any atom is 0.256 e. The van der Waals surface area contributed by atoms with Crippen molar-refractivity contribution in [2.45, 2.75) is 5.92 Å². The first-order valence-corrected chi connectivity index (χ1v) is 6.35. The van der Waals surface area contributed by atoms with Crippen molar-refractivity contribution in [1.82, 2.24) is 4.42 Å². The van der Waals surface area contributed by atoms with E-state index in [2.05, 4.69) is 17.4 Å². The van der Waals surface area contributed by atoms with E-state index in [0.717, 1.165) is 29.7 Å². The van der Waals surface area contributed by atoms with Crippen LogP contribution in [0.25, 0.3) is 10.8 Å². The minimum atomic E-state index is 0.000305. The molecule has 1 fully saturated rings. The van der Waals surface area contributed by atoms with E-state index < -0.39 is 0 Å². The predicted octanol–water partition coefficient (Wildman–Crippen LogP) is 2.96. The number of benzene rings is 2. The Morgan fingerprint density at radius 1 is 1.22 bits per heavy atom. The minimum Gasteiger partial charge on any atom is -0.321 e. The Kier molecular flexibility index (Phi) is 1.99. The molecule has 2 aliphatic heterocycles. The van der Waals surface area contributed by atoms with E-state index in [4.69, 9.17) is 11.8 Å². The number of rotatable bonds is 1. The van der Waals surface area contributed by atoms with Crippen LogP contribution in [0.3, 0.4) is 0 Å². The quantitative estimate of drug-likeness (QED) is 0.798. The smallest absolute Gasteiger partial charge is 0.256 e. The molecule has 18 heavy (non-hydrogen) atoms. The van der Waals surface area contributed by atoms with Gasteiger partial charge in [-0.1, -0.05) is 18.2 Å². The third-order valence-electron chi connectivity index (χ3n) is 3.84. The number of carbonyl (C=O) groups excluding carboxylic acids is 1. The number of amides is 1. The zero-order chi connectivity index (χ0) is 12.3. The van der Waals surface area contributed by atoms with Gasteiger partial charge in [-0.25, -0.2) is 4.42 Å². The molecule has 0 bridgehead atoms. The predicted molar refractivity (Wildman–Crippen MR) is 72.1 cm³/mol. The molecule has 2 heterocycles. The van der Waals surface area contributed by atoms with E-state index in [-0.39, 0.29) is 5.91 Å². The van der Waals surface area contributed by atoms with Gasteiger partial charge in [-0.3, -0.25) is 4.79 Å². The van der Waals surface area contributed by atoms with Crippen LogP contribution < -0.4 is 5.32 Å². The lowest BCUT2D eigenvalue weighted by Crippen LogP contribution is -2.38. The molecule has 4 rings (SSSR count). The maximum absolute atomic E-state index is 11.8. The van der Waals surface area contributed by atoms with E-state index in [9.17, 15) is 4.79 Å². The SMILES string of the molecule is O=C1Nc2cccc3c(C4CN(Cl)C4)ccc1c23. The Balaban J connectivity index is 1.97. The highest BCUT2D eigenvalue weighted by molar-refractivity contribution is 6.24. The fraction of sp³-hybridized carbons (Fsp3) is 0.214. The first-order valence-electron chi connectivity index (χ1n) is 6.02. The fourth-order valence-electron chi connectivity index (χ4n) is 2.89. The topological polar surface area (TPSA) is 32.3 Å². The highest BCUT2D eigenvalue weighted by Crippen LogP contribution is 2.39. The largest absolute Gasteiger partial charge is 0.321 e. The van der Waals surface area contributed by atoms with Crippen LogP contribution >= 0.6 is 11.8 Å². The second-order valence-corrected chi connectivity index (χ2v) is 5.39. The molecular formula is C14H11ClN2O. The van der Waals surface area contributed by atoms with Crippen molar-refractivity contribution >= 4 is 34.1 Å². The van der Waals surface area contributed by atoms with Crippen molar-refractivity contribution in [3.8, 4) is 0 Å². The van der Waals surface area contributed by atoms with Crippen molar-refractivity contribution in [3.05, 3.63) is 41.5 Å². The summed E-state index contributed by atoms with van der Waals surface area (Å²) < 4.78 is 1.79. The van der Waals surface area contributed by atoms with E-state index in [0.29, 0.717) is 5.92 Å². The number of nitrogens with zero attached hydrogens (tertiary/aromatic N) is 1. The van der Waals surface area contributed by atoms with Crippen LogP contribution in [0.1, 0.15) is 21.8 Å². The lowest BCUT2D eigenvalue weighted by molar-refractivity contribution is 0.103. The molecule has 3 nitrogen and oxygen atoms in total. The van der Waals surface area contributed by atoms with Gasteiger partial charge in [-0.2, -0.15) is 0 Å². The summed E-state index contributed by atoms with van der Waals surface area (Å²) in [6.45, 7) is 1.75. The average molecular weight is 259 g/mol. The number of nitrogens with one attached hydrogen (secondary N) is 1. The minimum absolute atomic E-state index is 0.000305. The Morgan fingerprint density at radius 2 is 2.06 bits per heavy atom. The van der Waals surface area contributed by atoms with Crippen molar-refractivity contribution in [2.24, 2.45) is 0 Å². The number of hydrogen-bond donors (Lipinski definition) is 1. The van der Waals surface area contributed by atoms with Gasteiger partial charge in [0.15, 0.2) is 0 Å². The Bertz CT molecular complexity index is 677. The van der Waals surface area contributed by atoms with Crippen LogP contribution in [0, 0.1) is 0 Å². The van der Waals surface area contributed by atoms with Crippen molar-refractivity contribution in [3.63, 3.8) is 0 Å². The molecule has 0 unspecified atom stereocenters. The van der Waals surface area contributed by atoms with E-state index in [1.807, 2.05) is 18.2 Å². The van der Waals surface area contributed by atoms with Gasteiger partial charge in [0.2, 0.25) is 0 Å². The molecule has 0 spiro atoms. The van der Waals surface area contributed by atoms with Gasteiger partial charge in [-0.15, -0.1) is 0 Å². The van der Waals surface area contributed by atoms with Crippen LogP contribution in [-0.4, -0.2) is 23.4 Å². The first kappa shape index (κ1) is 10.4.